The zero-order valence-corrected chi connectivity index (χ0v) is 36.4. The monoisotopic (exact) mass is 816 g/mol. The van der Waals surface area contributed by atoms with Crippen molar-refractivity contribution in [2.75, 3.05) is 19.8 Å². The van der Waals surface area contributed by atoms with Crippen molar-refractivity contribution >= 4 is 25.7 Å². The summed E-state index contributed by atoms with van der Waals surface area (Å²) >= 11 is 0. The van der Waals surface area contributed by atoms with E-state index in [4.69, 9.17) is 24.8 Å². The average Bonchev–Trinajstić information content (AvgIpc) is 3.17. The normalized spacial score (nSPS) is 13.9. The summed E-state index contributed by atoms with van der Waals surface area (Å²) in [6.07, 6.45) is 40.9. The highest BCUT2D eigenvalue weighted by Gasteiger charge is 2.28. The van der Waals surface area contributed by atoms with Gasteiger partial charge in [0.2, 0.25) is 0 Å². The third-order valence-electron chi connectivity index (χ3n) is 9.67. The van der Waals surface area contributed by atoms with E-state index in [9.17, 15) is 23.8 Å². The van der Waals surface area contributed by atoms with Gasteiger partial charge in [0, 0.05) is 12.8 Å². The summed E-state index contributed by atoms with van der Waals surface area (Å²) < 4.78 is 32.7. The maximum Gasteiger partial charge on any atom is 0.472 e. The Balaban J connectivity index is 4.32. The van der Waals surface area contributed by atoms with Crippen molar-refractivity contribution in [1.82, 2.24) is 0 Å². The molecule has 0 aromatic heterocycles. The summed E-state index contributed by atoms with van der Waals surface area (Å²) in [6.45, 7) is 2.77. The molecule has 56 heavy (non-hydrogen) atoms. The minimum atomic E-state index is -4.71. The van der Waals surface area contributed by atoms with Crippen LogP contribution in [0.25, 0.3) is 0 Å². The smallest absolute Gasteiger partial charge is 0.472 e. The van der Waals surface area contributed by atoms with Crippen LogP contribution in [-0.4, -0.2) is 59.9 Å². The number of carbonyl (C=O) groups is 3. The Bertz CT molecular complexity index is 1050. The standard InChI is InChI=1S/C44H82NO10P/c1-3-5-7-9-11-13-15-17-19-20-22-23-25-27-29-31-33-35-42(46)52-37-40(38-53-56(50,51)54-39-41(45)44(48)49)55-43(47)36-34-32-30-28-26-24-21-18-16-14-12-10-8-6-4-2/h10,12-13,15,40-41H,3-9,11,14,16-39,45H2,1-2H3,(H,48,49)(H,50,51)/b12-10+,15-13+/t40-,41+/m1/s1. The molecule has 3 atom stereocenters. The number of ether oxygens (including phenoxy) is 2. The first kappa shape index (κ1) is 54.0. The summed E-state index contributed by atoms with van der Waals surface area (Å²) in [5.74, 6) is -2.38. The molecule has 0 spiro atoms. The van der Waals surface area contributed by atoms with Gasteiger partial charge >= 0.3 is 25.7 Å². The van der Waals surface area contributed by atoms with E-state index in [1.807, 2.05) is 0 Å². The van der Waals surface area contributed by atoms with Crippen LogP contribution in [0.3, 0.4) is 0 Å². The van der Waals surface area contributed by atoms with Crippen LogP contribution in [0.5, 0.6) is 0 Å². The molecule has 12 heteroatoms. The first-order valence-electron chi connectivity index (χ1n) is 22.4. The summed E-state index contributed by atoms with van der Waals surface area (Å²) in [4.78, 5) is 46.0. The third-order valence-corrected chi connectivity index (χ3v) is 10.6. The topological polar surface area (TPSA) is 172 Å². The highest BCUT2D eigenvalue weighted by molar-refractivity contribution is 7.47. The number of allylic oxidation sites excluding steroid dienone is 4. The molecule has 4 N–H and O–H groups in total. The molecule has 0 saturated carbocycles. The molecule has 11 nitrogen and oxygen atoms in total. The van der Waals surface area contributed by atoms with Crippen molar-refractivity contribution in [3.05, 3.63) is 24.3 Å². The Morgan fingerprint density at radius 1 is 0.536 bits per heavy atom. The Hall–Kier alpha value is -2.04. The van der Waals surface area contributed by atoms with Gasteiger partial charge in [-0.15, -0.1) is 0 Å². The molecule has 0 aliphatic heterocycles. The van der Waals surface area contributed by atoms with Crippen LogP contribution in [-0.2, 0) is 37.5 Å². The maximum absolute atomic E-state index is 12.6. The number of carbonyl (C=O) groups excluding carboxylic acids is 2. The number of unbranched alkanes of at least 4 members (excludes halogenated alkanes) is 24. The fourth-order valence-electron chi connectivity index (χ4n) is 6.10. The second kappa shape index (κ2) is 39.8. The highest BCUT2D eigenvalue weighted by atomic mass is 31.2. The average molecular weight is 816 g/mol. The number of phosphoric acid groups is 1. The molecule has 0 heterocycles. The lowest BCUT2D eigenvalue weighted by molar-refractivity contribution is -0.161. The fraction of sp³-hybridized carbons (Fsp3) is 0.841. The van der Waals surface area contributed by atoms with Gasteiger partial charge in [0.05, 0.1) is 13.2 Å². The molecular weight excluding hydrogens is 733 g/mol. The second-order valence-corrected chi connectivity index (χ2v) is 16.6. The number of carboxylic acid groups (broad SMARTS) is 1. The number of phosphoric ester groups is 1. The summed E-state index contributed by atoms with van der Waals surface area (Å²) in [7, 11) is -4.71. The van der Waals surface area contributed by atoms with E-state index >= 15 is 0 Å². The Morgan fingerprint density at radius 2 is 0.911 bits per heavy atom. The second-order valence-electron chi connectivity index (χ2n) is 15.2. The summed E-state index contributed by atoms with van der Waals surface area (Å²) in [6, 6.07) is -1.52. The van der Waals surface area contributed by atoms with E-state index in [0.29, 0.717) is 12.8 Å². The number of carboxylic acids is 1. The molecule has 0 rings (SSSR count). The van der Waals surface area contributed by atoms with Gasteiger partial charge in [-0.1, -0.05) is 160 Å². The van der Waals surface area contributed by atoms with Gasteiger partial charge in [-0.3, -0.25) is 23.4 Å². The Kier molecular flexibility index (Phi) is 38.3. The molecule has 0 aliphatic carbocycles. The maximum atomic E-state index is 12.6. The molecule has 328 valence electrons. The molecule has 0 radical (unpaired) electrons. The van der Waals surface area contributed by atoms with Gasteiger partial charge in [0.25, 0.3) is 0 Å². The van der Waals surface area contributed by atoms with E-state index in [-0.39, 0.29) is 19.4 Å². The Morgan fingerprint density at radius 3 is 1.36 bits per heavy atom. The summed E-state index contributed by atoms with van der Waals surface area (Å²) in [5, 5.41) is 8.89. The lowest BCUT2D eigenvalue weighted by Gasteiger charge is -2.20. The fourth-order valence-corrected chi connectivity index (χ4v) is 6.88. The number of esters is 2. The van der Waals surface area contributed by atoms with Gasteiger partial charge < -0.3 is 25.2 Å². The van der Waals surface area contributed by atoms with Gasteiger partial charge in [0.1, 0.15) is 12.6 Å². The van der Waals surface area contributed by atoms with Crippen LogP contribution in [0.1, 0.15) is 206 Å². The summed E-state index contributed by atoms with van der Waals surface area (Å²) in [5.41, 5.74) is 5.33. The molecular formula is C44H82NO10P. The van der Waals surface area contributed by atoms with E-state index < -0.39 is 51.1 Å². The zero-order chi connectivity index (χ0) is 41.4. The lowest BCUT2D eigenvalue weighted by atomic mass is 10.1. The van der Waals surface area contributed by atoms with Crippen molar-refractivity contribution in [2.24, 2.45) is 5.73 Å². The van der Waals surface area contributed by atoms with Crippen molar-refractivity contribution in [3.63, 3.8) is 0 Å². The largest absolute Gasteiger partial charge is 0.480 e. The molecule has 0 saturated heterocycles. The van der Waals surface area contributed by atoms with Gasteiger partial charge in [-0.25, -0.2) is 4.57 Å². The predicted octanol–water partition coefficient (Wildman–Crippen LogP) is 11.8. The molecule has 0 amide bonds. The first-order chi connectivity index (χ1) is 27.1. The van der Waals surface area contributed by atoms with Crippen LogP contribution >= 0.6 is 7.82 Å². The van der Waals surface area contributed by atoms with E-state index in [1.54, 1.807) is 0 Å². The van der Waals surface area contributed by atoms with Gasteiger partial charge in [-0.05, 0) is 57.8 Å². The number of aliphatic carboxylic acids is 1. The molecule has 0 fully saturated rings. The minimum Gasteiger partial charge on any atom is -0.480 e. The van der Waals surface area contributed by atoms with Crippen LogP contribution < -0.4 is 5.73 Å². The SMILES string of the molecule is CCCC/C=C/CCCCCCCCCCCC(=O)O[C@H](COC(=O)CCCCCCCCCCC/C=C/CCCCCC)COP(=O)(O)OC[C@H](N)C(=O)O. The number of rotatable bonds is 42. The van der Waals surface area contributed by atoms with Crippen LogP contribution in [0.2, 0.25) is 0 Å². The van der Waals surface area contributed by atoms with Crippen molar-refractivity contribution in [1.29, 1.82) is 0 Å². The van der Waals surface area contributed by atoms with E-state index in [2.05, 4.69) is 42.7 Å². The zero-order valence-electron chi connectivity index (χ0n) is 35.5. The predicted molar refractivity (Wildman–Crippen MR) is 226 cm³/mol. The van der Waals surface area contributed by atoms with Gasteiger partial charge in [0.15, 0.2) is 6.10 Å². The van der Waals surface area contributed by atoms with E-state index in [1.165, 1.54) is 128 Å². The molecule has 0 aromatic rings. The van der Waals surface area contributed by atoms with Gasteiger partial charge in [-0.2, -0.15) is 0 Å². The highest BCUT2D eigenvalue weighted by Crippen LogP contribution is 2.43. The number of hydrogen-bond acceptors (Lipinski definition) is 9. The number of hydrogen-bond donors (Lipinski definition) is 3. The van der Waals surface area contributed by atoms with Crippen LogP contribution in [0.15, 0.2) is 24.3 Å². The Labute approximate surface area is 340 Å². The van der Waals surface area contributed by atoms with Crippen molar-refractivity contribution in [3.8, 4) is 0 Å². The molecule has 0 aliphatic rings. The quantitative estimate of drug-likeness (QED) is 0.0232. The third kappa shape index (κ3) is 38.8. The number of nitrogens with two attached hydrogens (primary N) is 1. The van der Waals surface area contributed by atoms with Crippen LogP contribution in [0, 0.1) is 0 Å². The molecule has 0 bridgehead atoms. The van der Waals surface area contributed by atoms with Crippen LogP contribution in [0.4, 0.5) is 0 Å². The first-order valence-corrected chi connectivity index (χ1v) is 23.9. The molecule has 1 unspecified atom stereocenters. The van der Waals surface area contributed by atoms with Crippen molar-refractivity contribution in [2.45, 2.75) is 219 Å². The van der Waals surface area contributed by atoms with E-state index in [0.717, 1.165) is 38.5 Å². The molecule has 0 aromatic carbocycles. The minimum absolute atomic E-state index is 0.160. The van der Waals surface area contributed by atoms with Crippen molar-refractivity contribution < 1.29 is 47.5 Å². The lowest BCUT2D eigenvalue weighted by Crippen LogP contribution is -2.34.